The van der Waals surface area contributed by atoms with Gasteiger partial charge in [0.1, 0.15) is 0 Å². The Morgan fingerprint density at radius 1 is 1.29 bits per heavy atom. The minimum atomic E-state index is -0.0402. The lowest BCUT2D eigenvalue weighted by Gasteiger charge is -2.24. The van der Waals surface area contributed by atoms with Crippen LogP contribution in [0.2, 0.25) is 0 Å². The summed E-state index contributed by atoms with van der Waals surface area (Å²) < 4.78 is 11.5. The number of rotatable bonds is 9. The molecule has 1 N–H and O–H groups in total. The molecule has 4 heteroatoms. The highest BCUT2D eigenvalue weighted by Gasteiger charge is 2.28. The summed E-state index contributed by atoms with van der Waals surface area (Å²) in [6.45, 7) is 9.89. The van der Waals surface area contributed by atoms with E-state index in [0.29, 0.717) is 4.75 Å². The van der Waals surface area contributed by atoms with Crippen LogP contribution in [0.3, 0.4) is 0 Å². The smallest absolute Gasteiger partial charge is 0.158 e. The molecule has 0 spiro atoms. The standard InChI is InChI=1S/C13H27NO2S/c1-4-15-12(16-5-2)7-9-14-11-13(3)8-6-10-17-13/h12,14H,4-11H2,1-3H3. The maximum Gasteiger partial charge on any atom is 0.158 e. The predicted molar refractivity (Wildman–Crippen MR) is 74.6 cm³/mol. The summed E-state index contributed by atoms with van der Waals surface area (Å²) in [7, 11) is 0. The Kier molecular flexibility index (Phi) is 7.51. The van der Waals surface area contributed by atoms with E-state index in [1.54, 1.807) is 0 Å². The van der Waals surface area contributed by atoms with Crippen molar-refractivity contribution in [2.24, 2.45) is 0 Å². The summed E-state index contributed by atoms with van der Waals surface area (Å²) in [5, 5.41) is 3.53. The third kappa shape index (κ3) is 6.09. The molecule has 0 saturated carbocycles. The molecule has 1 aliphatic rings. The molecule has 3 nitrogen and oxygen atoms in total. The highest BCUT2D eigenvalue weighted by atomic mass is 32.2. The summed E-state index contributed by atoms with van der Waals surface area (Å²) in [4.78, 5) is 0. The van der Waals surface area contributed by atoms with Crippen molar-refractivity contribution >= 4 is 11.8 Å². The Balaban J connectivity index is 2.08. The molecule has 1 saturated heterocycles. The number of hydrogen-bond donors (Lipinski definition) is 1. The van der Waals surface area contributed by atoms with Gasteiger partial charge in [0.2, 0.25) is 0 Å². The largest absolute Gasteiger partial charge is 0.353 e. The van der Waals surface area contributed by atoms with Crippen molar-refractivity contribution in [2.45, 2.75) is 51.1 Å². The molecule has 1 unspecified atom stereocenters. The van der Waals surface area contributed by atoms with E-state index in [0.717, 1.165) is 32.7 Å². The minimum absolute atomic E-state index is 0.0402. The lowest BCUT2D eigenvalue weighted by molar-refractivity contribution is -0.138. The quantitative estimate of drug-likeness (QED) is 0.510. The Hall–Kier alpha value is 0.230. The highest BCUT2D eigenvalue weighted by molar-refractivity contribution is 8.00. The molecule has 0 aromatic rings. The van der Waals surface area contributed by atoms with Crippen LogP contribution in [0.5, 0.6) is 0 Å². The van der Waals surface area contributed by atoms with Crippen LogP contribution in [0.1, 0.15) is 40.0 Å². The SMILES string of the molecule is CCOC(CCNCC1(C)CCCS1)OCC. The minimum Gasteiger partial charge on any atom is -0.353 e. The van der Waals surface area contributed by atoms with Gasteiger partial charge in [0.15, 0.2) is 6.29 Å². The first-order chi connectivity index (χ1) is 8.20. The first-order valence-corrected chi connectivity index (χ1v) is 7.76. The maximum atomic E-state index is 5.51. The van der Waals surface area contributed by atoms with Crippen molar-refractivity contribution in [1.82, 2.24) is 5.32 Å². The average molecular weight is 261 g/mol. The van der Waals surface area contributed by atoms with Crippen molar-refractivity contribution < 1.29 is 9.47 Å². The third-order valence-corrected chi connectivity index (χ3v) is 4.60. The zero-order chi connectivity index (χ0) is 12.6. The molecule has 1 fully saturated rings. The maximum absolute atomic E-state index is 5.51. The Morgan fingerprint density at radius 2 is 2.00 bits per heavy atom. The van der Waals surface area contributed by atoms with E-state index in [2.05, 4.69) is 24.0 Å². The van der Waals surface area contributed by atoms with Gasteiger partial charge in [-0.15, -0.1) is 0 Å². The van der Waals surface area contributed by atoms with Crippen LogP contribution in [0.4, 0.5) is 0 Å². The molecule has 1 aliphatic heterocycles. The zero-order valence-electron chi connectivity index (χ0n) is 11.5. The van der Waals surface area contributed by atoms with Crippen molar-refractivity contribution in [1.29, 1.82) is 0 Å². The van der Waals surface area contributed by atoms with Crippen molar-refractivity contribution in [2.75, 3.05) is 32.1 Å². The Labute approximate surface area is 110 Å². The van der Waals surface area contributed by atoms with E-state index >= 15 is 0 Å². The van der Waals surface area contributed by atoms with Crippen LogP contribution >= 0.6 is 11.8 Å². The van der Waals surface area contributed by atoms with Gasteiger partial charge in [-0.1, -0.05) is 0 Å². The molecule has 1 heterocycles. The van der Waals surface area contributed by atoms with Gasteiger partial charge in [0, 0.05) is 37.5 Å². The lowest BCUT2D eigenvalue weighted by atomic mass is 10.1. The number of hydrogen-bond acceptors (Lipinski definition) is 4. The molecule has 17 heavy (non-hydrogen) atoms. The second-order valence-corrected chi connectivity index (χ2v) is 6.39. The van der Waals surface area contributed by atoms with Crippen molar-refractivity contribution in [3.63, 3.8) is 0 Å². The van der Waals surface area contributed by atoms with Crippen molar-refractivity contribution in [3.05, 3.63) is 0 Å². The van der Waals surface area contributed by atoms with Gasteiger partial charge in [-0.05, 0) is 39.4 Å². The molecular formula is C13H27NO2S. The molecule has 0 aromatic carbocycles. The first-order valence-electron chi connectivity index (χ1n) is 6.78. The second-order valence-electron chi connectivity index (χ2n) is 4.71. The zero-order valence-corrected chi connectivity index (χ0v) is 12.3. The molecule has 0 aromatic heterocycles. The van der Waals surface area contributed by atoms with Crippen LogP contribution in [0.15, 0.2) is 0 Å². The molecule has 102 valence electrons. The van der Waals surface area contributed by atoms with E-state index in [1.165, 1.54) is 18.6 Å². The summed E-state index contributed by atoms with van der Waals surface area (Å²) in [6, 6.07) is 0. The molecule has 0 aliphatic carbocycles. The molecule has 1 atom stereocenters. The number of ether oxygens (including phenoxy) is 2. The van der Waals surface area contributed by atoms with Gasteiger partial charge in [-0.2, -0.15) is 11.8 Å². The topological polar surface area (TPSA) is 30.5 Å². The molecule has 0 amide bonds. The molecular weight excluding hydrogens is 234 g/mol. The van der Waals surface area contributed by atoms with Gasteiger partial charge in [0.05, 0.1) is 0 Å². The Morgan fingerprint density at radius 3 is 2.53 bits per heavy atom. The first kappa shape index (κ1) is 15.3. The fraction of sp³-hybridized carbons (Fsp3) is 1.00. The fourth-order valence-corrected chi connectivity index (χ4v) is 3.41. The van der Waals surface area contributed by atoms with Crippen LogP contribution in [0, 0.1) is 0 Å². The van der Waals surface area contributed by atoms with Gasteiger partial charge < -0.3 is 14.8 Å². The average Bonchev–Trinajstić information content (AvgIpc) is 2.72. The van der Waals surface area contributed by atoms with E-state index < -0.39 is 0 Å². The molecule has 0 bridgehead atoms. The number of thioether (sulfide) groups is 1. The lowest BCUT2D eigenvalue weighted by Crippen LogP contribution is -2.35. The van der Waals surface area contributed by atoms with Gasteiger partial charge in [0.25, 0.3) is 0 Å². The third-order valence-electron chi connectivity index (χ3n) is 3.06. The van der Waals surface area contributed by atoms with E-state index in [1.807, 2.05) is 13.8 Å². The van der Waals surface area contributed by atoms with Gasteiger partial charge in [-0.3, -0.25) is 0 Å². The summed E-state index contributed by atoms with van der Waals surface area (Å²) >= 11 is 2.10. The highest BCUT2D eigenvalue weighted by Crippen LogP contribution is 2.36. The summed E-state index contributed by atoms with van der Waals surface area (Å²) in [5.41, 5.74) is 0. The van der Waals surface area contributed by atoms with E-state index in [9.17, 15) is 0 Å². The van der Waals surface area contributed by atoms with Crippen molar-refractivity contribution in [3.8, 4) is 0 Å². The van der Waals surface area contributed by atoms with Crippen LogP contribution in [-0.2, 0) is 9.47 Å². The number of nitrogens with one attached hydrogen (secondary N) is 1. The normalized spacial score (nSPS) is 24.7. The van der Waals surface area contributed by atoms with Gasteiger partial charge in [-0.25, -0.2) is 0 Å². The van der Waals surface area contributed by atoms with E-state index in [4.69, 9.17) is 9.47 Å². The second kappa shape index (κ2) is 8.35. The summed E-state index contributed by atoms with van der Waals surface area (Å²) in [6.07, 6.45) is 3.60. The fourth-order valence-electron chi connectivity index (χ4n) is 2.14. The molecule has 1 rings (SSSR count). The predicted octanol–water partition coefficient (Wildman–Crippen LogP) is 2.65. The van der Waals surface area contributed by atoms with Crippen LogP contribution < -0.4 is 5.32 Å². The van der Waals surface area contributed by atoms with E-state index in [-0.39, 0.29) is 6.29 Å². The van der Waals surface area contributed by atoms with Gasteiger partial charge >= 0.3 is 0 Å². The van der Waals surface area contributed by atoms with Crippen LogP contribution in [0.25, 0.3) is 0 Å². The van der Waals surface area contributed by atoms with Crippen LogP contribution in [-0.4, -0.2) is 43.1 Å². The summed E-state index contributed by atoms with van der Waals surface area (Å²) in [5.74, 6) is 1.32. The molecule has 0 radical (unpaired) electrons. The monoisotopic (exact) mass is 261 g/mol. The Bertz CT molecular complexity index is 190.